The molecule has 2 aromatic rings. The third kappa shape index (κ3) is 2.90. The highest BCUT2D eigenvalue weighted by atomic mass is 19.4. The largest absolute Gasteiger partial charge is 0.416 e. The Labute approximate surface area is 105 Å². The summed E-state index contributed by atoms with van der Waals surface area (Å²) in [5.74, 6) is 0. The van der Waals surface area contributed by atoms with E-state index in [0.29, 0.717) is 5.69 Å². The van der Waals surface area contributed by atoms with Crippen LogP contribution in [0, 0.1) is 6.92 Å². The number of azo groups is 1. The SMILES string of the molecule is Cc1[nH][nH]c(=O)c1N=Nc1ccc(C(F)(F)F)cc1. The lowest BCUT2D eigenvalue weighted by Crippen LogP contribution is -2.03. The van der Waals surface area contributed by atoms with Crippen molar-refractivity contribution in [2.24, 2.45) is 10.2 Å². The molecule has 5 nitrogen and oxygen atoms in total. The highest BCUT2D eigenvalue weighted by Crippen LogP contribution is 2.30. The van der Waals surface area contributed by atoms with Gasteiger partial charge in [-0.3, -0.25) is 9.89 Å². The second-order valence-corrected chi connectivity index (χ2v) is 3.80. The molecule has 0 bridgehead atoms. The molecule has 100 valence electrons. The van der Waals surface area contributed by atoms with E-state index in [2.05, 4.69) is 20.4 Å². The number of nitrogens with one attached hydrogen (secondary N) is 2. The van der Waals surface area contributed by atoms with Crippen molar-refractivity contribution < 1.29 is 13.2 Å². The van der Waals surface area contributed by atoms with E-state index < -0.39 is 17.3 Å². The molecule has 0 amide bonds. The zero-order valence-electron chi connectivity index (χ0n) is 9.75. The lowest BCUT2D eigenvalue weighted by Gasteiger charge is -2.05. The summed E-state index contributed by atoms with van der Waals surface area (Å²) in [6.45, 7) is 1.62. The van der Waals surface area contributed by atoms with Gasteiger partial charge in [-0.2, -0.15) is 18.3 Å². The van der Waals surface area contributed by atoms with Gasteiger partial charge >= 0.3 is 6.18 Å². The molecule has 1 heterocycles. The fourth-order valence-corrected chi connectivity index (χ4v) is 1.38. The molecular formula is C11H9F3N4O. The number of aromatic nitrogens is 2. The third-order valence-electron chi connectivity index (χ3n) is 2.39. The van der Waals surface area contributed by atoms with Crippen LogP contribution in [0.5, 0.6) is 0 Å². The van der Waals surface area contributed by atoms with E-state index in [1.54, 1.807) is 6.92 Å². The average Bonchev–Trinajstić information content (AvgIpc) is 2.66. The first-order chi connectivity index (χ1) is 8.88. The lowest BCUT2D eigenvalue weighted by atomic mass is 10.2. The maximum atomic E-state index is 12.3. The van der Waals surface area contributed by atoms with Crippen molar-refractivity contribution in [1.82, 2.24) is 10.2 Å². The van der Waals surface area contributed by atoms with Crippen LogP contribution >= 0.6 is 0 Å². The minimum Gasteiger partial charge on any atom is -0.300 e. The molecule has 2 N–H and O–H groups in total. The Hall–Kier alpha value is -2.38. The molecule has 0 fully saturated rings. The molecule has 0 radical (unpaired) electrons. The molecule has 0 atom stereocenters. The number of hydrogen-bond acceptors (Lipinski definition) is 3. The van der Waals surface area contributed by atoms with Gasteiger partial charge in [0.1, 0.15) is 0 Å². The number of hydrogen-bond donors (Lipinski definition) is 2. The standard InChI is InChI=1S/C11H9F3N4O/c1-6-9(10(19)18-15-6)17-16-8-4-2-7(3-5-8)11(12,13)14/h2-5H,1H3,(H2,15,18,19). The van der Waals surface area contributed by atoms with E-state index in [9.17, 15) is 18.0 Å². The van der Waals surface area contributed by atoms with Crippen LogP contribution in [0.4, 0.5) is 24.5 Å². The van der Waals surface area contributed by atoms with E-state index in [4.69, 9.17) is 0 Å². The first kappa shape index (κ1) is 13.1. The first-order valence-corrected chi connectivity index (χ1v) is 5.24. The van der Waals surface area contributed by atoms with Crippen molar-refractivity contribution in [3.63, 3.8) is 0 Å². The second-order valence-electron chi connectivity index (χ2n) is 3.80. The molecule has 0 spiro atoms. The highest BCUT2D eigenvalue weighted by molar-refractivity contribution is 5.42. The van der Waals surface area contributed by atoms with Crippen LogP contribution in [0.3, 0.4) is 0 Å². The number of benzene rings is 1. The molecule has 0 aliphatic heterocycles. The van der Waals surface area contributed by atoms with Crippen LogP contribution in [-0.4, -0.2) is 10.2 Å². The highest BCUT2D eigenvalue weighted by Gasteiger charge is 2.29. The lowest BCUT2D eigenvalue weighted by molar-refractivity contribution is -0.137. The van der Waals surface area contributed by atoms with E-state index in [1.807, 2.05) is 0 Å². The van der Waals surface area contributed by atoms with Crippen LogP contribution < -0.4 is 5.56 Å². The summed E-state index contributed by atoms with van der Waals surface area (Å²) in [7, 11) is 0. The molecule has 8 heteroatoms. The van der Waals surface area contributed by atoms with Gasteiger partial charge in [0.05, 0.1) is 16.9 Å². The fourth-order valence-electron chi connectivity index (χ4n) is 1.38. The Morgan fingerprint density at radius 1 is 1.05 bits per heavy atom. The minimum absolute atomic E-state index is 0.0971. The van der Waals surface area contributed by atoms with Crippen molar-refractivity contribution in [2.75, 3.05) is 0 Å². The van der Waals surface area contributed by atoms with Gasteiger partial charge in [-0.1, -0.05) is 0 Å². The van der Waals surface area contributed by atoms with Gasteiger partial charge in [0.15, 0.2) is 5.69 Å². The van der Waals surface area contributed by atoms with E-state index in [-0.39, 0.29) is 11.4 Å². The Morgan fingerprint density at radius 3 is 2.16 bits per heavy atom. The van der Waals surface area contributed by atoms with Crippen LogP contribution in [0.25, 0.3) is 0 Å². The molecule has 19 heavy (non-hydrogen) atoms. The predicted octanol–water partition coefficient (Wildman–Crippen LogP) is 3.45. The molecule has 0 saturated heterocycles. The summed E-state index contributed by atoms with van der Waals surface area (Å²) in [5, 5.41) is 12.3. The number of H-pyrrole nitrogens is 2. The number of aromatic amines is 2. The van der Waals surface area contributed by atoms with Crippen molar-refractivity contribution in [1.29, 1.82) is 0 Å². The van der Waals surface area contributed by atoms with E-state index >= 15 is 0 Å². The number of alkyl halides is 3. The molecule has 0 aliphatic carbocycles. The molecule has 0 aliphatic rings. The number of nitrogens with zero attached hydrogens (tertiary/aromatic N) is 2. The van der Waals surface area contributed by atoms with Crippen LogP contribution in [0.1, 0.15) is 11.3 Å². The Kier molecular flexibility index (Phi) is 3.24. The summed E-state index contributed by atoms with van der Waals surface area (Å²) in [6.07, 6.45) is -4.38. The predicted molar refractivity (Wildman–Crippen MR) is 61.8 cm³/mol. The van der Waals surface area contributed by atoms with Gasteiger partial charge < -0.3 is 5.10 Å². The molecule has 0 unspecified atom stereocenters. The number of aryl methyl sites for hydroxylation is 1. The summed E-state index contributed by atoms with van der Waals surface area (Å²) < 4.78 is 37.0. The van der Waals surface area contributed by atoms with Gasteiger partial charge in [0.25, 0.3) is 5.56 Å². The summed E-state index contributed by atoms with van der Waals surface area (Å²) in [4.78, 5) is 11.3. The molecule has 1 aromatic carbocycles. The topological polar surface area (TPSA) is 73.4 Å². The van der Waals surface area contributed by atoms with Gasteiger partial charge in [-0.15, -0.1) is 5.11 Å². The number of rotatable bonds is 2. The minimum atomic E-state index is -4.38. The van der Waals surface area contributed by atoms with Crippen molar-refractivity contribution in [3.8, 4) is 0 Å². The van der Waals surface area contributed by atoms with Crippen molar-refractivity contribution in [3.05, 3.63) is 45.9 Å². The van der Waals surface area contributed by atoms with Crippen molar-refractivity contribution in [2.45, 2.75) is 13.1 Å². The Bertz CT molecular complexity index is 652. The summed E-state index contributed by atoms with van der Waals surface area (Å²) in [5.41, 5.74) is -0.371. The first-order valence-electron chi connectivity index (χ1n) is 5.24. The van der Waals surface area contributed by atoms with Crippen LogP contribution in [0.15, 0.2) is 39.3 Å². The molecule has 0 saturated carbocycles. The smallest absolute Gasteiger partial charge is 0.300 e. The molecular weight excluding hydrogens is 261 g/mol. The molecule has 1 aromatic heterocycles. The van der Waals surface area contributed by atoms with Crippen molar-refractivity contribution >= 4 is 11.4 Å². The maximum Gasteiger partial charge on any atom is 0.416 e. The quantitative estimate of drug-likeness (QED) is 0.806. The second kappa shape index (κ2) is 4.71. The Balaban J connectivity index is 2.23. The fraction of sp³-hybridized carbons (Fsp3) is 0.182. The average molecular weight is 270 g/mol. The van der Waals surface area contributed by atoms with E-state index in [0.717, 1.165) is 12.1 Å². The van der Waals surface area contributed by atoms with Gasteiger partial charge in [-0.25, -0.2) is 0 Å². The van der Waals surface area contributed by atoms with Crippen LogP contribution in [0.2, 0.25) is 0 Å². The maximum absolute atomic E-state index is 12.3. The number of halogens is 3. The van der Waals surface area contributed by atoms with Gasteiger partial charge in [-0.05, 0) is 31.2 Å². The zero-order valence-corrected chi connectivity index (χ0v) is 9.75. The normalized spacial score (nSPS) is 12.2. The monoisotopic (exact) mass is 270 g/mol. The molecule has 2 rings (SSSR count). The Morgan fingerprint density at radius 2 is 1.68 bits per heavy atom. The van der Waals surface area contributed by atoms with Crippen LogP contribution in [-0.2, 0) is 6.18 Å². The van der Waals surface area contributed by atoms with Gasteiger partial charge in [0.2, 0.25) is 0 Å². The van der Waals surface area contributed by atoms with Gasteiger partial charge in [0, 0.05) is 0 Å². The third-order valence-corrected chi connectivity index (χ3v) is 2.39. The van der Waals surface area contributed by atoms with E-state index in [1.165, 1.54) is 12.1 Å². The summed E-state index contributed by atoms with van der Waals surface area (Å²) >= 11 is 0. The zero-order chi connectivity index (χ0) is 14.0. The summed E-state index contributed by atoms with van der Waals surface area (Å²) in [6, 6.07) is 4.18.